The highest BCUT2D eigenvalue weighted by molar-refractivity contribution is 5.91. The van der Waals surface area contributed by atoms with Crippen LogP contribution in [0.25, 0.3) is 0 Å². The average molecular weight is 357 g/mol. The third-order valence-corrected chi connectivity index (χ3v) is 3.89. The minimum absolute atomic E-state index is 0.0465. The van der Waals surface area contributed by atoms with Crippen LogP contribution >= 0.6 is 0 Å². The zero-order chi connectivity index (χ0) is 18.8. The molecule has 0 saturated heterocycles. The van der Waals surface area contributed by atoms with Gasteiger partial charge in [-0.15, -0.1) is 0 Å². The van der Waals surface area contributed by atoms with Crippen LogP contribution < -0.4 is 15.4 Å². The van der Waals surface area contributed by atoms with Crippen LogP contribution in [0.1, 0.15) is 30.4 Å². The highest BCUT2D eigenvalue weighted by Crippen LogP contribution is 2.19. The van der Waals surface area contributed by atoms with E-state index in [1.807, 2.05) is 38.1 Å². The van der Waals surface area contributed by atoms with E-state index >= 15 is 0 Å². The summed E-state index contributed by atoms with van der Waals surface area (Å²) in [6.45, 7) is 4.93. The van der Waals surface area contributed by atoms with E-state index in [1.165, 1.54) is 0 Å². The molecule has 140 valence electrons. The third-order valence-electron chi connectivity index (χ3n) is 3.89. The molecule has 0 saturated carbocycles. The highest BCUT2D eigenvalue weighted by atomic mass is 16.5. The summed E-state index contributed by atoms with van der Waals surface area (Å²) in [7, 11) is 0. The number of hydrogen-bond donors (Lipinski definition) is 3. The molecule has 3 N–H and O–H groups in total. The zero-order valence-corrected chi connectivity index (χ0v) is 15.4. The van der Waals surface area contributed by atoms with Crippen molar-refractivity contribution in [3.05, 3.63) is 47.7 Å². The number of hydrogen-bond acceptors (Lipinski definition) is 5. The molecule has 2 rings (SSSR count). The molecule has 0 aliphatic carbocycles. The van der Waals surface area contributed by atoms with Crippen LogP contribution in [0.2, 0.25) is 0 Å². The predicted octanol–water partition coefficient (Wildman–Crippen LogP) is 3.29. The molecule has 26 heavy (non-hydrogen) atoms. The molecule has 0 fully saturated rings. The van der Waals surface area contributed by atoms with Crippen molar-refractivity contribution in [1.29, 1.82) is 0 Å². The van der Waals surface area contributed by atoms with Crippen LogP contribution in [0, 0.1) is 13.8 Å². The number of aliphatic hydroxyl groups excluding tert-OH is 1. The van der Waals surface area contributed by atoms with Crippen LogP contribution in [0.3, 0.4) is 0 Å². The Morgan fingerprint density at radius 3 is 2.73 bits per heavy atom. The lowest BCUT2D eigenvalue weighted by Crippen LogP contribution is -2.20. The first-order chi connectivity index (χ1) is 12.6. The van der Waals surface area contributed by atoms with Gasteiger partial charge in [0.1, 0.15) is 11.6 Å². The molecule has 0 bridgehead atoms. The fraction of sp³-hybridized carbons (Fsp3) is 0.400. The molecule has 0 spiro atoms. The quantitative estimate of drug-likeness (QED) is 0.568. The van der Waals surface area contributed by atoms with Gasteiger partial charge < -0.3 is 20.5 Å². The summed E-state index contributed by atoms with van der Waals surface area (Å²) < 4.78 is 5.60. The summed E-state index contributed by atoms with van der Waals surface area (Å²) >= 11 is 0. The van der Waals surface area contributed by atoms with Crippen LogP contribution in [0.4, 0.5) is 11.5 Å². The van der Waals surface area contributed by atoms with Crippen molar-refractivity contribution < 1.29 is 14.6 Å². The van der Waals surface area contributed by atoms with Crippen molar-refractivity contribution in [2.45, 2.75) is 33.1 Å². The number of aromatic nitrogens is 1. The average Bonchev–Trinajstić information content (AvgIpc) is 2.63. The Kier molecular flexibility index (Phi) is 7.89. The predicted molar refractivity (Wildman–Crippen MR) is 104 cm³/mol. The molecule has 6 heteroatoms. The van der Waals surface area contributed by atoms with Crippen molar-refractivity contribution >= 4 is 17.4 Å². The number of anilines is 2. The summed E-state index contributed by atoms with van der Waals surface area (Å²) in [5.74, 6) is 1.26. The van der Waals surface area contributed by atoms with Gasteiger partial charge in [0, 0.05) is 13.2 Å². The van der Waals surface area contributed by atoms with Gasteiger partial charge in [-0.2, -0.15) is 0 Å². The van der Waals surface area contributed by atoms with Crippen molar-refractivity contribution in [2.75, 3.05) is 30.4 Å². The number of aliphatic hydroxyl groups is 1. The van der Waals surface area contributed by atoms with Crippen LogP contribution in [-0.4, -0.2) is 35.8 Å². The minimum Gasteiger partial charge on any atom is -0.483 e. The maximum absolute atomic E-state index is 12.0. The van der Waals surface area contributed by atoms with Crippen LogP contribution in [-0.2, 0) is 4.79 Å². The number of amides is 1. The van der Waals surface area contributed by atoms with E-state index in [1.54, 1.807) is 12.3 Å². The first-order valence-corrected chi connectivity index (χ1v) is 8.89. The van der Waals surface area contributed by atoms with E-state index in [-0.39, 0.29) is 19.1 Å². The summed E-state index contributed by atoms with van der Waals surface area (Å²) in [6, 6.07) is 9.54. The number of pyridine rings is 1. The van der Waals surface area contributed by atoms with Crippen molar-refractivity contribution in [1.82, 2.24) is 4.98 Å². The number of carbonyl (C=O) groups is 1. The fourth-order valence-electron chi connectivity index (χ4n) is 2.41. The van der Waals surface area contributed by atoms with Gasteiger partial charge in [-0.25, -0.2) is 4.98 Å². The number of unbranched alkanes of at least 4 members (excludes halogenated alkanes) is 2. The number of rotatable bonds is 10. The second kappa shape index (κ2) is 10.4. The molecule has 2 aromatic rings. The van der Waals surface area contributed by atoms with Gasteiger partial charge in [-0.05, 0) is 62.4 Å². The largest absolute Gasteiger partial charge is 0.483 e. The molecule has 1 aromatic carbocycles. The Morgan fingerprint density at radius 2 is 2.00 bits per heavy atom. The number of nitrogens with zero attached hydrogens (tertiary/aromatic N) is 1. The molecule has 0 aliphatic rings. The molecule has 0 radical (unpaired) electrons. The van der Waals surface area contributed by atoms with Gasteiger partial charge >= 0.3 is 0 Å². The van der Waals surface area contributed by atoms with E-state index in [9.17, 15) is 4.79 Å². The van der Waals surface area contributed by atoms with E-state index in [0.29, 0.717) is 5.69 Å². The molecular weight excluding hydrogens is 330 g/mol. The minimum atomic E-state index is -0.225. The smallest absolute Gasteiger partial charge is 0.262 e. The van der Waals surface area contributed by atoms with Crippen LogP contribution in [0.5, 0.6) is 5.75 Å². The number of nitrogens with one attached hydrogen (secondary N) is 2. The summed E-state index contributed by atoms with van der Waals surface area (Å²) in [5.41, 5.74) is 2.72. The second-order valence-corrected chi connectivity index (χ2v) is 6.25. The number of benzene rings is 1. The zero-order valence-electron chi connectivity index (χ0n) is 15.4. The molecule has 1 aromatic heterocycles. The monoisotopic (exact) mass is 357 g/mol. The third kappa shape index (κ3) is 6.72. The SMILES string of the molecule is Cc1ccc(C)c(OCC(=O)Nc2ccc(NCCCCCO)nc2)c1. The second-order valence-electron chi connectivity index (χ2n) is 6.25. The molecule has 6 nitrogen and oxygen atoms in total. The Morgan fingerprint density at radius 1 is 1.15 bits per heavy atom. The Bertz CT molecular complexity index is 702. The van der Waals surface area contributed by atoms with Gasteiger partial charge in [0.15, 0.2) is 6.61 Å². The number of aryl methyl sites for hydroxylation is 2. The standard InChI is InChI=1S/C20H27N3O3/c1-15-6-7-16(2)18(12-15)26-14-20(25)23-17-8-9-19(22-13-17)21-10-4-3-5-11-24/h6-9,12-13,24H,3-5,10-11,14H2,1-2H3,(H,21,22)(H,23,25). The molecule has 1 heterocycles. The summed E-state index contributed by atoms with van der Waals surface area (Å²) in [4.78, 5) is 16.3. The Balaban J connectivity index is 1.75. The van der Waals surface area contributed by atoms with E-state index in [4.69, 9.17) is 9.84 Å². The highest BCUT2D eigenvalue weighted by Gasteiger charge is 2.06. The maximum Gasteiger partial charge on any atom is 0.262 e. The number of carbonyl (C=O) groups excluding carboxylic acids is 1. The van der Waals surface area contributed by atoms with Gasteiger partial charge in [-0.3, -0.25) is 4.79 Å². The van der Waals surface area contributed by atoms with E-state index in [2.05, 4.69) is 15.6 Å². The van der Waals surface area contributed by atoms with Gasteiger partial charge in [0.25, 0.3) is 5.91 Å². The number of ether oxygens (including phenoxy) is 1. The normalized spacial score (nSPS) is 10.4. The molecule has 1 amide bonds. The molecule has 0 unspecified atom stereocenters. The fourth-order valence-corrected chi connectivity index (χ4v) is 2.41. The molecule has 0 atom stereocenters. The lowest BCUT2D eigenvalue weighted by Gasteiger charge is -2.11. The van der Waals surface area contributed by atoms with Gasteiger partial charge in [-0.1, -0.05) is 12.1 Å². The maximum atomic E-state index is 12.0. The van der Waals surface area contributed by atoms with Gasteiger partial charge in [0.2, 0.25) is 0 Å². The Labute approximate surface area is 154 Å². The molecule has 0 aliphatic heterocycles. The van der Waals surface area contributed by atoms with E-state index in [0.717, 1.165) is 48.5 Å². The lowest BCUT2D eigenvalue weighted by molar-refractivity contribution is -0.118. The van der Waals surface area contributed by atoms with Crippen molar-refractivity contribution in [3.63, 3.8) is 0 Å². The lowest BCUT2D eigenvalue weighted by atomic mass is 10.1. The first-order valence-electron chi connectivity index (χ1n) is 8.89. The van der Waals surface area contributed by atoms with Crippen LogP contribution in [0.15, 0.2) is 36.5 Å². The van der Waals surface area contributed by atoms with E-state index < -0.39 is 0 Å². The molecular formula is C20H27N3O3. The summed E-state index contributed by atoms with van der Waals surface area (Å²) in [5, 5.41) is 14.7. The van der Waals surface area contributed by atoms with Crippen molar-refractivity contribution in [2.24, 2.45) is 0 Å². The van der Waals surface area contributed by atoms with Crippen molar-refractivity contribution in [3.8, 4) is 5.75 Å². The summed E-state index contributed by atoms with van der Waals surface area (Å²) in [6.07, 6.45) is 4.41. The topological polar surface area (TPSA) is 83.5 Å². The van der Waals surface area contributed by atoms with Gasteiger partial charge in [0.05, 0.1) is 11.9 Å². The Hall–Kier alpha value is -2.60. The first kappa shape index (κ1) is 19.7.